The lowest BCUT2D eigenvalue weighted by Gasteiger charge is -2.40. The number of methoxy groups -OCH3 is 1. The van der Waals surface area contributed by atoms with E-state index in [4.69, 9.17) is 19.6 Å². The van der Waals surface area contributed by atoms with E-state index in [-0.39, 0.29) is 17.0 Å². The van der Waals surface area contributed by atoms with Crippen LogP contribution in [0.2, 0.25) is 0 Å². The van der Waals surface area contributed by atoms with Gasteiger partial charge in [0.15, 0.2) is 5.82 Å². The molecule has 0 saturated carbocycles. The largest absolute Gasteiger partial charge is 0.497 e. The second-order valence-electron chi connectivity index (χ2n) is 8.72. The van der Waals surface area contributed by atoms with Crippen molar-refractivity contribution in [3.8, 4) is 16.9 Å². The molecule has 7 heteroatoms. The zero-order chi connectivity index (χ0) is 24.1. The zero-order valence-electron chi connectivity index (χ0n) is 20.5. The summed E-state index contributed by atoms with van der Waals surface area (Å²) in [5, 5.41) is 4.04. The lowest BCUT2D eigenvalue weighted by Crippen LogP contribution is -2.38. The average molecular weight is 425 g/mol. The monoisotopic (exact) mass is 424 g/mol. The van der Waals surface area contributed by atoms with Gasteiger partial charge in [0.1, 0.15) is 23.0 Å². The van der Waals surface area contributed by atoms with Crippen LogP contribution in [0.25, 0.3) is 27.7 Å². The Kier molecular flexibility index (Phi) is 4.12. The molecule has 1 aliphatic heterocycles. The number of hydrogen-bond acceptors (Lipinski definition) is 5. The smallest absolute Gasteiger partial charge is 0.162 e. The molecule has 3 N–H and O–H groups in total. The van der Waals surface area contributed by atoms with Crippen LogP contribution in [0.4, 0.5) is 10.2 Å². The number of hydrogen-bond donors (Lipinski definition) is 2. The molecule has 1 aliphatic carbocycles. The molecule has 162 valence electrons. The van der Waals surface area contributed by atoms with Crippen molar-refractivity contribution in [1.82, 2.24) is 19.9 Å². The molecule has 1 fully saturated rings. The summed E-state index contributed by atoms with van der Waals surface area (Å²) in [6.45, 7) is 1.88. The molecule has 0 bridgehead atoms. The fourth-order valence-corrected chi connectivity index (χ4v) is 5.02. The van der Waals surface area contributed by atoms with Crippen molar-refractivity contribution in [1.29, 1.82) is 0 Å². The van der Waals surface area contributed by atoms with Crippen molar-refractivity contribution in [2.45, 2.75) is 32.1 Å². The van der Waals surface area contributed by atoms with Crippen LogP contribution in [0.1, 0.15) is 42.0 Å². The molecule has 0 unspecified atom stereocenters. The molecule has 1 aromatic carbocycles. The summed E-state index contributed by atoms with van der Waals surface area (Å²) in [4.78, 5) is 9.24. The molecule has 31 heavy (non-hydrogen) atoms. The Bertz CT molecular complexity index is 1260. The number of nitrogen functional groups attached to an aromatic ring is 1. The van der Waals surface area contributed by atoms with Gasteiger partial charge in [-0.1, -0.05) is 12.1 Å². The Labute approximate surface area is 185 Å². The predicted molar refractivity (Wildman–Crippen MR) is 121 cm³/mol. The van der Waals surface area contributed by atoms with E-state index in [1.54, 1.807) is 24.3 Å². The highest BCUT2D eigenvalue weighted by atomic mass is 19.1. The maximum atomic E-state index is 15.3. The molecule has 0 radical (unpaired) electrons. The Morgan fingerprint density at radius 2 is 1.97 bits per heavy atom. The minimum Gasteiger partial charge on any atom is -0.497 e. The molecule has 1 saturated heterocycles. The first-order valence-corrected chi connectivity index (χ1v) is 10.6. The maximum Gasteiger partial charge on any atom is 0.162 e. The summed E-state index contributed by atoms with van der Waals surface area (Å²) in [5.74, 6) is 0.786. The summed E-state index contributed by atoms with van der Waals surface area (Å²) in [5.41, 5.74) is 9.26. The molecule has 1 spiro atoms. The lowest BCUT2D eigenvalue weighted by molar-refractivity contribution is 0.166. The van der Waals surface area contributed by atoms with Gasteiger partial charge in [0, 0.05) is 30.8 Å². The highest BCUT2D eigenvalue weighted by Crippen LogP contribution is 2.48. The lowest BCUT2D eigenvalue weighted by atomic mass is 9.68. The predicted octanol–water partition coefficient (Wildman–Crippen LogP) is 4.46. The number of benzene rings is 1. The van der Waals surface area contributed by atoms with Crippen molar-refractivity contribution in [2.75, 3.05) is 25.9 Å². The SMILES string of the molecule is [2H]C([2H])([2H])Oc1ccc(-c2cn(C)c3nc(C4=C(F)CC5(CCNCC5)CC4)nc(N)c23)cc1. The van der Waals surface area contributed by atoms with E-state index in [9.17, 15) is 0 Å². The van der Waals surface area contributed by atoms with E-state index in [1.165, 1.54) is 0 Å². The van der Waals surface area contributed by atoms with Gasteiger partial charge in [0.2, 0.25) is 0 Å². The number of rotatable bonds is 3. The molecule has 5 rings (SSSR count). The summed E-state index contributed by atoms with van der Waals surface area (Å²) in [7, 11) is -0.643. The van der Waals surface area contributed by atoms with Crippen LogP contribution in [0.3, 0.4) is 0 Å². The van der Waals surface area contributed by atoms with E-state index >= 15 is 4.39 Å². The van der Waals surface area contributed by atoms with Gasteiger partial charge in [-0.05, 0) is 61.9 Å². The number of nitrogens with two attached hydrogens (primary N) is 1. The van der Waals surface area contributed by atoms with E-state index < -0.39 is 7.04 Å². The number of ether oxygens (including phenoxy) is 1. The number of piperidine rings is 1. The second kappa shape index (κ2) is 7.64. The van der Waals surface area contributed by atoms with Gasteiger partial charge < -0.3 is 20.4 Å². The van der Waals surface area contributed by atoms with Crippen LogP contribution >= 0.6 is 0 Å². The topological polar surface area (TPSA) is 78.0 Å². The number of fused-ring (bicyclic) bond motifs is 1. The van der Waals surface area contributed by atoms with E-state index in [0.717, 1.165) is 43.5 Å². The van der Waals surface area contributed by atoms with Crippen LogP contribution in [0.15, 0.2) is 36.3 Å². The first-order valence-electron chi connectivity index (χ1n) is 12.1. The normalized spacial score (nSPS) is 20.5. The number of allylic oxidation sites excluding steroid dienone is 2. The molecule has 2 aliphatic rings. The molecule has 3 heterocycles. The van der Waals surface area contributed by atoms with Gasteiger partial charge in [0.25, 0.3) is 0 Å². The van der Waals surface area contributed by atoms with E-state index in [0.29, 0.717) is 41.1 Å². The van der Waals surface area contributed by atoms with Crippen molar-refractivity contribution in [3.05, 3.63) is 42.1 Å². The first kappa shape index (κ1) is 16.7. The second-order valence-corrected chi connectivity index (χ2v) is 8.72. The third-order valence-corrected chi connectivity index (χ3v) is 6.82. The molecule has 2 aromatic heterocycles. The number of nitrogens with zero attached hydrogens (tertiary/aromatic N) is 3. The van der Waals surface area contributed by atoms with Crippen molar-refractivity contribution < 1.29 is 13.2 Å². The fourth-order valence-electron chi connectivity index (χ4n) is 5.02. The van der Waals surface area contributed by atoms with Crippen molar-refractivity contribution in [3.63, 3.8) is 0 Å². The Morgan fingerprint density at radius 3 is 2.68 bits per heavy atom. The summed E-state index contributed by atoms with van der Waals surface area (Å²) < 4.78 is 43.8. The average Bonchev–Trinajstić information content (AvgIpc) is 3.11. The Balaban J connectivity index is 1.49. The number of aryl methyl sites for hydroxylation is 1. The van der Waals surface area contributed by atoms with Crippen molar-refractivity contribution in [2.24, 2.45) is 12.5 Å². The third kappa shape index (κ3) is 3.47. The quantitative estimate of drug-likeness (QED) is 0.649. The van der Waals surface area contributed by atoms with Gasteiger partial charge in [-0.3, -0.25) is 0 Å². The minimum absolute atomic E-state index is 0.0437. The van der Waals surface area contributed by atoms with E-state index in [1.807, 2.05) is 17.8 Å². The van der Waals surface area contributed by atoms with Crippen LogP contribution < -0.4 is 15.8 Å². The summed E-state index contributed by atoms with van der Waals surface area (Å²) >= 11 is 0. The number of nitrogens with one attached hydrogen (secondary N) is 1. The van der Waals surface area contributed by atoms with Crippen molar-refractivity contribution >= 4 is 22.4 Å². The fraction of sp³-hybridized carbons (Fsp3) is 0.417. The zero-order valence-corrected chi connectivity index (χ0v) is 17.5. The Hall–Kier alpha value is -2.93. The first-order chi connectivity index (χ1) is 16.1. The number of anilines is 1. The molecular formula is C24H28FN5O. The van der Waals surface area contributed by atoms with Gasteiger partial charge >= 0.3 is 0 Å². The van der Waals surface area contributed by atoms with Gasteiger partial charge in [-0.2, -0.15) is 0 Å². The molecular weight excluding hydrogens is 393 g/mol. The summed E-state index contributed by atoms with van der Waals surface area (Å²) in [6.07, 6.45) is 5.87. The highest BCUT2D eigenvalue weighted by Gasteiger charge is 2.38. The third-order valence-electron chi connectivity index (χ3n) is 6.82. The molecule has 3 aromatic rings. The van der Waals surface area contributed by atoms with Crippen LogP contribution in [-0.4, -0.2) is 34.7 Å². The van der Waals surface area contributed by atoms with Gasteiger partial charge in [-0.15, -0.1) is 0 Å². The Morgan fingerprint density at radius 1 is 1.19 bits per heavy atom. The number of aromatic nitrogens is 3. The number of halogens is 1. The highest BCUT2D eigenvalue weighted by molar-refractivity contribution is 6.01. The van der Waals surface area contributed by atoms with Gasteiger partial charge in [-0.25, -0.2) is 14.4 Å². The molecule has 6 nitrogen and oxygen atoms in total. The van der Waals surface area contributed by atoms with E-state index in [2.05, 4.69) is 10.3 Å². The van der Waals surface area contributed by atoms with Crippen LogP contribution in [0, 0.1) is 5.41 Å². The molecule has 0 amide bonds. The maximum absolute atomic E-state index is 15.3. The summed E-state index contributed by atoms with van der Waals surface area (Å²) in [6, 6.07) is 6.74. The molecule has 0 atom stereocenters. The minimum atomic E-state index is -2.51. The van der Waals surface area contributed by atoms with Crippen LogP contribution in [0.5, 0.6) is 5.75 Å². The standard InChI is InChI=1S/C24H28FN5O/c1-30-14-18(15-3-5-16(31-2)6-4-15)20-21(26)28-22(29-23(20)30)17-7-8-24(13-19(17)25)9-11-27-12-10-24/h3-6,14,27H,7-13H2,1-2H3,(H2,26,28,29)/i2D3. The van der Waals surface area contributed by atoms with Crippen LogP contribution in [-0.2, 0) is 7.05 Å². The van der Waals surface area contributed by atoms with Gasteiger partial charge in [0.05, 0.1) is 16.5 Å².